The second-order valence-corrected chi connectivity index (χ2v) is 6.99. The molecule has 3 nitrogen and oxygen atoms in total. The van der Waals surface area contributed by atoms with Crippen molar-refractivity contribution in [2.45, 2.75) is 23.2 Å². The largest absolute Gasteiger partial charge is 0.497 e. The summed E-state index contributed by atoms with van der Waals surface area (Å²) in [5.74, 6) is 0.878. The van der Waals surface area contributed by atoms with Gasteiger partial charge in [-0.1, -0.05) is 19.1 Å². The number of rotatable bonds is 6. The first-order valence-corrected chi connectivity index (χ1v) is 8.40. The van der Waals surface area contributed by atoms with E-state index in [2.05, 4.69) is 45.3 Å². The van der Waals surface area contributed by atoms with E-state index in [-0.39, 0.29) is 6.04 Å². The second-order valence-electron chi connectivity index (χ2n) is 4.68. The number of hydrogen-bond acceptors (Lipinski definition) is 4. The molecule has 0 spiro atoms. The van der Waals surface area contributed by atoms with Crippen molar-refractivity contribution in [2.75, 3.05) is 14.2 Å². The zero-order valence-electron chi connectivity index (χ0n) is 12.3. The summed E-state index contributed by atoms with van der Waals surface area (Å²) in [6, 6.07) is 12.5. The fourth-order valence-electron chi connectivity index (χ4n) is 2.17. The van der Waals surface area contributed by atoms with Crippen LogP contribution in [0.2, 0.25) is 0 Å². The van der Waals surface area contributed by atoms with Gasteiger partial charge in [-0.25, -0.2) is 4.98 Å². The lowest BCUT2D eigenvalue weighted by Gasteiger charge is -2.23. The molecule has 0 aliphatic rings. The fourth-order valence-corrected chi connectivity index (χ4v) is 3.48. The van der Waals surface area contributed by atoms with Crippen LogP contribution in [0.4, 0.5) is 0 Å². The zero-order chi connectivity index (χ0) is 15.2. The van der Waals surface area contributed by atoms with E-state index >= 15 is 0 Å². The molecule has 1 N–H and O–H groups in total. The number of ether oxygens (including phenoxy) is 1. The fraction of sp³-hybridized carbons (Fsp3) is 0.312. The molecule has 1 aromatic carbocycles. The van der Waals surface area contributed by atoms with Crippen LogP contribution in [0.15, 0.2) is 52.1 Å². The molecular formula is C16H19BrN2OS. The van der Waals surface area contributed by atoms with Gasteiger partial charge in [0.05, 0.1) is 12.1 Å². The van der Waals surface area contributed by atoms with Crippen LogP contribution in [0.1, 0.15) is 18.5 Å². The first-order chi connectivity index (χ1) is 10.1. The second kappa shape index (κ2) is 7.82. The highest BCUT2D eigenvalue weighted by atomic mass is 79.9. The molecule has 2 unspecified atom stereocenters. The number of methoxy groups -OCH3 is 1. The highest BCUT2D eigenvalue weighted by molar-refractivity contribution is 9.10. The van der Waals surface area contributed by atoms with Crippen LogP contribution in [0.5, 0.6) is 5.75 Å². The molecule has 21 heavy (non-hydrogen) atoms. The third-order valence-corrected chi connectivity index (χ3v) is 4.86. The third-order valence-electron chi connectivity index (χ3n) is 3.26. The smallest absolute Gasteiger partial charge is 0.118 e. The average molecular weight is 367 g/mol. The Kier molecular flexibility index (Phi) is 6.08. The Labute approximate surface area is 138 Å². The Morgan fingerprint density at radius 2 is 1.90 bits per heavy atom. The molecule has 2 aromatic rings. The van der Waals surface area contributed by atoms with Gasteiger partial charge >= 0.3 is 0 Å². The third kappa shape index (κ3) is 4.46. The van der Waals surface area contributed by atoms with Crippen LogP contribution < -0.4 is 10.1 Å². The van der Waals surface area contributed by atoms with Crippen molar-refractivity contribution >= 4 is 27.7 Å². The summed E-state index contributed by atoms with van der Waals surface area (Å²) in [7, 11) is 3.67. The van der Waals surface area contributed by atoms with Gasteiger partial charge in [-0.2, -0.15) is 0 Å². The average Bonchev–Trinajstić information content (AvgIpc) is 2.51. The Morgan fingerprint density at radius 1 is 1.19 bits per heavy atom. The van der Waals surface area contributed by atoms with Crippen LogP contribution in [-0.4, -0.2) is 24.4 Å². The van der Waals surface area contributed by atoms with Crippen molar-refractivity contribution in [1.29, 1.82) is 0 Å². The summed E-state index contributed by atoms with van der Waals surface area (Å²) >= 11 is 5.17. The van der Waals surface area contributed by atoms with Crippen LogP contribution in [-0.2, 0) is 0 Å². The minimum absolute atomic E-state index is 0.256. The monoisotopic (exact) mass is 366 g/mol. The number of aromatic nitrogens is 1. The molecule has 2 rings (SSSR count). The topological polar surface area (TPSA) is 34.1 Å². The molecule has 1 aromatic heterocycles. The molecule has 2 atom stereocenters. The van der Waals surface area contributed by atoms with Gasteiger partial charge in [0.25, 0.3) is 0 Å². The quantitative estimate of drug-likeness (QED) is 0.773. The summed E-state index contributed by atoms with van der Waals surface area (Å²) in [4.78, 5) is 4.42. The van der Waals surface area contributed by atoms with Crippen LogP contribution >= 0.6 is 27.7 Å². The first kappa shape index (κ1) is 16.3. The van der Waals surface area contributed by atoms with E-state index in [0.717, 1.165) is 15.2 Å². The molecule has 1 heterocycles. The van der Waals surface area contributed by atoms with Crippen LogP contribution in [0.3, 0.4) is 0 Å². The van der Waals surface area contributed by atoms with Crippen molar-refractivity contribution in [1.82, 2.24) is 10.3 Å². The molecule has 0 aliphatic heterocycles. The molecule has 0 saturated carbocycles. The summed E-state index contributed by atoms with van der Waals surface area (Å²) in [6.07, 6.45) is 1.83. The minimum atomic E-state index is 0.256. The van der Waals surface area contributed by atoms with Gasteiger partial charge in [-0.3, -0.25) is 0 Å². The van der Waals surface area contributed by atoms with E-state index in [1.165, 1.54) is 5.56 Å². The number of halogens is 1. The van der Waals surface area contributed by atoms with Gasteiger partial charge in [0.1, 0.15) is 5.75 Å². The Balaban J connectivity index is 2.09. The van der Waals surface area contributed by atoms with Gasteiger partial charge in [-0.05, 0) is 52.8 Å². The van der Waals surface area contributed by atoms with Gasteiger partial charge in [0.15, 0.2) is 0 Å². The van der Waals surface area contributed by atoms with E-state index in [0.29, 0.717) is 5.25 Å². The minimum Gasteiger partial charge on any atom is -0.497 e. The normalized spacial score (nSPS) is 13.7. The standard InChI is InChI=1S/C16H19BrN2OS/c1-11(21-15-9-6-13(17)10-19-15)16(18-2)12-4-7-14(20-3)8-5-12/h4-11,16,18H,1-3H3. The molecule has 112 valence electrons. The predicted octanol–water partition coefficient (Wildman–Crippen LogP) is 4.29. The van der Waals surface area contributed by atoms with E-state index in [1.54, 1.807) is 18.9 Å². The molecule has 0 fully saturated rings. The maximum atomic E-state index is 5.21. The number of benzene rings is 1. The zero-order valence-corrected chi connectivity index (χ0v) is 14.7. The maximum Gasteiger partial charge on any atom is 0.118 e. The van der Waals surface area contributed by atoms with Crippen molar-refractivity contribution in [2.24, 2.45) is 0 Å². The number of nitrogens with zero attached hydrogens (tertiary/aromatic N) is 1. The van der Waals surface area contributed by atoms with Gasteiger partial charge in [0, 0.05) is 22.0 Å². The molecular weight excluding hydrogens is 348 g/mol. The van der Waals surface area contributed by atoms with Gasteiger partial charge < -0.3 is 10.1 Å². The number of nitrogens with one attached hydrogen (secondary N) is 1. The summed E-state index contributed by atoms with van der Waals surface area (Å²) in [5.41, 5.74) is 1.25. The lowest BCUT2D eigenvalue weighted by Crippen LogP contribution is -2.25. The predicted molar refractivity (Wildman–Crippen MR) is 92.1 cm³/mol. The Hall–Kier alpha value is -1.04. The van der Waals surface area contributed by atoms with Gasteiger partial charge in [-0.15, -0.1) is 11.8 Å². The highest BCUT2D eigenvalue weighted by Crippen LogP contribution is 2.31. The summed E-state index contributed by atoms with van der Waals surface area (Å²) < 4.78 is 6.21. The van der Waals surface area contributed by atoms with E-state index in [4.69, 9.17) is 4.74 Å². The van der Waals surface area contributed by atoms with E-state index in [1.807, 2.05) is 37.5 Å². The lowest BCUT2D eigenvalue weighted by molar-refractivity contribution is 0.414. The molecule has 0 bridgehead atoms. The lowest BCUT2D eigenvalue weighted by atomic mass is 10.0. The molecule has 0 amide bonds. The number of hydrogen-bond donors (Lipinski definition) is 1. The first-order valence-electron chi connectivity index (χ1n) is 6.73. The molecule has 0 aliphatic carbocycles. The Morgan fingerprint density at radius 3 is 2.43 bits per heavy atom. The molecule has 0 saturated heterocycles. The number of thioether (sulfide) groups is 1. The number of pyridine rings is 1. The summed E-state index contributed by atoms with van der Waals surface area (Å²) in [5, 5.41) is 4.77. The SMILES string of the molecule is CNC(c1ccc(OC)cc1)C(C)Sc1ccc(Br)cn1. The maximum absolute atomic E-state index is 5.21. The van der Waals surface area contributed by atoms with Crippen LogP contribution in [0, 0.1) is 0 Å². The van der Waals surface area contributed by atoms with E-state index in [9.17, 15) is 0 Å². The van der Waals surface area contributed by atoms with Crippen molar-refractivity contribution in [3.05, 3.63) is 52.6 Å². The van der Waals surface area contributed by atoms with Crippen molar-refractivity contribution in [3.63, 3.8) is 0 Å². The van der Waals surface area contributed by atoms with Crippen molar-refractivity contribution < 1.29 is 4.74 Å². The summed E-state index contributed by atoms with van der Waals surface area (Å²) in [6.45, 7) is 2.21. The highest BCUT2D eigenvalue weighted by Gasteiger charge is 2.19. The van der Waals surface area contributed by atoms with Gasteiger partial charge in [0.2, 0.25) is 0 Å². The Bertz CT molecular complexity index is 559. The molecule has 5 heteroatoms. The molecule has 0 radical (unpaired) electrons. The van der Waals surface area contributed by atoms with Crippen LogP contribution in [0.25, 0.3) is 0 Å². The van der Waals surface area contributed by atoms with Crippen molar-refractivity contribution in [3.8, 4) is 5.75 Å². The van der Waals surface area contributed by atoms with E-state index < -0.39 is 0 Å².